The zero-order valence-corrected chi connectivity index (χ0v) is 13.9. The Labute approximate surface area is 133 Å². The average molecular weight is 334 g/mol. The molecule has 118 valence electrons. The van der Waals surface area contributed by atoms with Crippen molar-refractivity contribution in [2.45, 2.75) is 45.5 Å². The Hall–Kier alpha value is -1.21. The number of halogens is 1. The number of carbonyl (C=O) groups is 2. The van der Waals surface area contributed by atoms with Gasteiger partial charge in [-0.05, 0) is 13.3 Å². The molecule has 1 atom stereocenters. The monoisotopic (exact) mass is 333 g/mol. The highest BCUT2D eigenvalue weighted by atomic mass is 35.5. The number of rotatable bonds is 8. The van der Waals surface area contributed by atoms with Crippen LogP contribution in [0.3, 0.4) is 0 Å². The van der Waals surface area contributed by atoms with E-state index in [0.717, 1.165) is 17.8 Å². The Bertz CT molecular complexity index is 519. The van der Waals surface area contributed by atoms with Crippen LogP contribution >= 0.6 is 23.4 Å². The van der Waals surface area contributed by atoms with Crippen molar-refractivity contribution in [3.05, 3.63) is 16.4 Å². The van der Waals surface area contributed by atoms with Crippen LogP contribution in [-0.2, 0) is 28.3 Å². The number of carboxylic acid groups (broad SMARTS) is 1. The summed E-state index contributed by atoms with van der Waals surface area (Å²) in [6, 6.07) is -0.894. The van der Waals surface area contributed by atoms with Crippen LogP contribution in [0.25, 0.3) is 0 Å². The molecule has 0 aromatic carbocycles. The minimum atomic E-state index is -1.04. The molecule has 21 heavy (non-hydrogen) atoms. The van der Waals surface area contributed by atoms with Crippen LogP contribution in [0.1, 0.15) is 32.2 Å². The Morgan fingerprint density at radius 2 is 2.14 bits per heavy atom. The average Bonchev–Trinajstić information content (AvgIpc) is 2.73. The molecule has 0 saturated carbocycles. The maximum Gasteiger partial charge on any atom is 0.327 e. The van der Waals surface area contributed by atoms with Gasteiger partial charge in [0.1, 0.15) is 6.04 Å². The van der Waals surface area contributed by atoms with Gasteiger partial charge in [-0.1, -0.05) is 18.5 Å². The van der Waals surface area contributed by atoms with Crippen LogP contribution in [0, 0.1) is 0 Å². The Morgan fingerprint density at radius 1 is 1.48 bits per heavy atom. The highest BCUT2D eigenvalue weighted by molar-refractivity contribution is 7.98. The second-order valence-corrected chi connectivity index (χ2v) is 5.89. The number of hydrogen-bond acceptors (Lipinski definition) is 4. The molecule has 0 saturated heterocycles. The van der Waals surface area contributed by atoms with Gasteiger partial charge in [-0.15, -0.1) is 0 Å². The molecule has 8 heteroatoms. The summed E-state index contributed by atoms with van der Waals surface area (Å²) in [5.41, 5.74) is 1.75. The molecule has 0 aliphatic heterocycles. The number of thioether (sulfide) groups is 1. The van der Waals surface area contributed by atoms with Gasteiger partial charge >= 0.3 is 5.97 Å². The summed E-state index contributed by atoms with van der Waals surface area (Å²) in [5, 5.41) is 16.5. The number of amides is 1. The summed E-state index contributed by atoms with van der Waals surface area (Å²) in [6.45, 7) is 5.98. The largest absolute Gasteiger partial charge is 0.480 e. The summed E-state index contributed by atoms with van der Waals surface area (Å²) in [4.78, 5) is 22.0. The minimum absolute atomic E-state index is 0.279. The van der Waals surface area contributed by atoms with E-state index in [0.29, 0.717) is 17.3 Å². The van der Waals surface area contributed by atoms with Gasteiger partial charge in [-0.25, -0.2) is 4.79 Å². The second kappa shape index (κ2) is 8.29. The zero-order valence-electron chi connectivity index (χ0n) is 12.4. The molecule has 6 nitrogen and oxygen atoms in total. The van der Waals surface area contributed by atoms with E-state index in [-0.39, 0.29) is 11.7 Å². The molecule has 1 amide bonds. The van der Waals surface area contributed by atoms with Crippen molar-refractivity contribution in [3.8, 4) is 0 Å². The number of hydrogen-bond donors (Lipinski definition) is 2. The third-order valence-electron chi connectivity index (χ3n) is 2.89. The first-order valence-electron chi connectivity index (χ1n) is 6.72. The van der Waals surface area contributed by atoms with E-state index >= 15 is 0 Å². The Balaban J connectivity index is 2.68. The molecule has 2 N–H and O–H groups in total. The predicted octanol–water partition coefficient (Wildman–Crippen LogP) is 1.94. The van der Waals surface area contributed by atoms with Crippen LogP contribution in [0.5, 0.6) is 0 Å². The molecule has 0 radical (unpaired) electrons. The fraction of sp³-hybridized carbons (Fsp3) is 0.615. The summed E-state index contributed by atoms with van der Waals surface area (Å²) < 4.78 is 1.84. The number of carboxylic acids is 1. The fourth-order valence-corrected chi connectivity index (χ4v) is 3.33. The van der Waals surface area contributed by atoms with E-state index in [1.807, 2.05) is 18.5 Å². The third kappa shape index (κ3) is 4.93. The number of carbonyl (C=O) groups excluding carboxylic acids is 1. The highest BCUT2D eigenvalue weighted by Crippen LogP contribution is 2.25. The van der Waals surface area contributed by atoms with Crippen molar-refractivity contribution in [2.24, 2.45) is 0 Å². The molecule has 0 fully saturated rings. The lowest BCUT2D eigenvalue weighted by Crippen LogP contribution is -2.41. The molecule has 1 aromatic heterocycles. The van der Waals surface area contributed by atoms with Crippen LogP contribution in [-0.4, -0.2) is 38.6 Å². The van der Waals surface area contributed by atoms with Gasteiger partial charge in [0.2, 0.25) is 5.91 Å². The lowest BCUT2D eigenvalue weighted by Gasteiger charge is -2.13. The van der Waals surface area contributed by atoms with Crippen molar-refractivity contribution in [2.75, 3.05) is 5.75 Å². The summed E-state index contributed by atoms with van der Waals surface area (Å²) in [6.07, 6.45) is 0.757. The summed E-state index contributed by atoms with van der Waals surface area (Å²) >= 11 is 7.70. The number of aryl methyl sites for hydroxylation is 2. The number of aromatic nitrogens is 2. The van der Waals surface area contributed by atoms with Crippen LogP contribution < -0.4 is 5.32 Å². The van der Waals surface area contributed by atoms with Gasteiger partial charge in [0.15, 0.2) is 0 Å². The molecular formula is C13H20ClN3O3S. The molecule has 0 aliphatic rings. The number of nitrogens with one attached hydrogen (secondary N) is 1. The summed E-state index contributed by atoms with van der Waals surface area (Å²) in [5.74, 6) is -0.556. The van der Waals surface area contributed by atoms with Crippen molar-refractivity contribution in [1.29, 1.82) is 0 Å². The molecular weight excluding hydrogens is 314 g/mol. The van der Waals surface area contributed by atoms with Crippen LogP contribution in [0.4, 0.5) is 0 Å². The quantitative estimate of drug-likeness (QED) is 0.759. The molecule has 1 rings (SSSR count). The smallest absolute Gasteiger partial charge is 0.327 e. The maximum absolute atomic E-state index is 11.0. The maximum atomic E-state index is 11.0. The Kier molecular flexibility index (Phi) is 7.04. The van der Waals surface area contributed by atoms with Gasteiger partial charge in [0, 0.05) is 25.0 Å². The van der Waals surface area contributed by atoms with Gasteiger partial charge in [-0.2, -0.15) is 16.9 Å². The molecule has 1 unspecified atom stereocenters. The van der Waals surface area contributed by atoms with E-state index in [2.05, 4.69) is 10.4 Å². The van der Waals surface area contributed by atoms with Crippen LogP contribution in [0.2, 0.25) is 5.02 Å². The highest BCUT2D eigenvalue weighted by Gasteiger charge is 2.20. The predicted molar refractivity (Wildman–Crippen MR) is 83.7 cm³/mol. The lowest BCUT2D eigenvalue weighted by atomic mass is 10.3. The fourth-order valence-electron chi connectivity index (χ4n) is 1.85. The van der Waals surface area contributed by atoms with Crippen molar-refractivity contribution in [1.82, 2.24) is 15.1 Å². The van der Waals surface area contributed by atoms with Gasteiger partial charge in [-0.3, -0.25) is 9.48 Å². The second-order valence-electron chi connectivity index (χ2n) is 4.48. The van der Waals surface area contributed by atoms with Crippen molar-refractivity contribution < 1.29 is 14.7 Å². The van der Waals surface area contributed by atoms with Crippen LogP contribution in [0.15, 0.2) is 0 Å². The number of nitrogens with zero attached hydrogens (tertiary/aromatic N) is 2. The first-order valence-corrected chi connectivity index (χ1v) is 8.25. The zero-order chi connectivity index (χ0) is 16.0. The van der Waals surface area contributed by atoms with Gasteiger partial charge in [0.05, 0.1) is 16.4 Å². The van der Waals surface area contributed by atoms with E-state index in [1.54, 1.807) is 0 Å². The first kappa shape index (κ1) is 17.8. The van der Waals surface area contributed by atoms with E-state index in [4.69, 9.17) is 16.7 Å². The summed E-state index contributed by atoms with van der Waals surface area (Å²) in [7, 11) is 0. The third-order valence-corrected chi connectivity index (χ3v) is 4.38. The number of aliphatic carboxylic acids is 1. The van der Waals surface area contributed by atoms with Crippen molar-refractivity contribution >= 4 is 35.2 Å². The first-order chi connectivity index (χ1) is 9.90. The standard InChI is InChI=1S/C13H20ClN3O3S/c1-4-9-12(14)11(17(5-2)16-9)7-21-6-10(13(19)20)15-8(3)18/h10H,4-7H2,1-3H3,(H,15,18)(H,19,20). The van der Waals surface area contributed by atoms with Gasteiger partial charge < -0.3 is 10.4 Å². The lowest BCUT2D eigenvalue weighted by molar-refractivity contribution is -0.140. The molecule has 1 aromatic rings. The molecule has 1 heterocycles. The van der Waals surface area contributed by atoms with E-state index in [1.165, 1.54) is 18.7 Å². The SMILES string of the molecule is CCc1nn(CC)c(CSCC(NC(C)=O)C(=O)O)c1Cl. The molecule has 0 aliphatic carbocycles. The van der Waals surface area contributed by atoms with Gasteiger partial charge in [0.25, 0.3) is 0 Å². The van der Waals surface area contributed by atoms with Crippen molar-refractivity contribution in [3.63, 3.8) is 0 Å². The molecule has 0 spiro atoms. The van der Waals surface area contributed by atoms with E-state index < -0.39 is 12.0 Å². The minimum Gasteiger partial charge on any atom is -0.480 e. The topological polar surface area (TPSA) is 84.2 Å². The molecule has 0 bridgehead atoms. The van der Waals surface area contributed by atoms with E-state index in [9.17, 15) is 9.59 Å². The Morgan fingerprint density at radius 3 is 2.62 bits per heavy atom. The normalized spacial score (nSPS) is 12.2.